The quantitative estimate of drug-likeness (QED) is 0.220. The highest BCUT2D eigenvalue weighted by Crippen LogP contribution is 2.37. The van der Waals surface area contributed by atoms with Crippen molar-refractivity contribution in [1.29, 1.82) is 5.41 Å². The highest BCUT2D eigenvalue weighted by molar-refractivity contribution is 7.91. The lowest BCUT2D eigenvalue weighted by Gasteiger charge is -2.44. The zero-order chi connectivity index (χ0) is 32.2. The summed E-state index contributed by atoms with van der Waals surface area (Å²) in [6, 6.07) is 10.5. The molecule has 3 fully saturated rings. The Labute approximate surface area is 259 Å². The molecule has 3 saturated heterocycles. The van der Waals surface area contributed by atoms with Crippen molar-refractivity contribution in [2.45, 2.75) is 68.3 Å². The molecule has 2 aromatic carbocycles. The molecule has 0 aromatic heterocycles. The Morgan fingerprint density at radius 1 is 0.978 bits per heavy atom. The Balaban J connectivity index is 1.27. The number of phenols is 1. The zero-order valence-corrected chi connectivity index (χ0v) is 25.4. The van der Waals surface area contributed by atoms with Crippen LogP contribution in [0.5, 0.6) is 11.5 Å². The number of ether oxygens (including phenoxy) is 2. The number of amidine groups is 1. The van der Waals surface area contributed by atoms with Gasteiger partial charge in [0, 0.05) is 44.8 Å². The maximum absolute atomic E-state index is 14.3. The van der Waals surface area contributed by atoms with Gasteiger partial charge in [-0.05, 0) is 87.1 Å². The van der Waals surface area contributed by atoms with E-state index in [0.717, 1.165) is 25.0 Å². The summed E-state index contributed by atoms with van der Waals surface area (Å²) in [4.78, 5) is 20.9. The number of carbonyl (C=O) groups excluding carboxylic acids is 1. The smallest absolute Gasteiger partial charge is 0.416 e. The molecule has 3 N–H and O–H groups in total. The molecule has 0 aliphatic carbocycles. The van der Waals surface area contributed by atoms with Crippen LogP contribution < -0.4 is 10.2 Å². The molecule has 45 heavy (non-hydrogen) atoms. The van der Waals surface area contributed by atoms with Crippen LogP contribution in [-0.4, -0.2) is 84.4 Å². The van der Waals surface area contributed by atoms with Crippen molar-refractivity contribution < 1.29 is 45.8 Å². The highest BCUT2D eigenvalue weighted by atomic mass is 32.2. The van der Waals surface area contributed by atoms with Crippen LogP contribution in [0.2, 0.25) is 0 Å². The van der Waals surface area contributed by atoms with Gasteiger partial charge in [-0.2, -0.15) is 13.2 Å². The van der Waals surface area contributed by atoms with Crippen LogP contribution in [0.4, 0.5) is 13.2 Å². The van der Waals surface area contributed by atoms with Gasteiger partial charge in [-0.15, -0.1) is 0 Å². The third-order valence-electron chi connectivity index (χ3n) is 8.58. The number of nitrogens with one attached hydrogen (secondary N) is 2. The molecule has 5 rings (SSSR count). The maximum Gasteiger partial charge on any atom is 0.416 e. The van der Waals surface area contributed by atoms with Gasteiger partial charge in [0.1, 0.15) is 23.4 Å². The normalized spacial score (nSPS) is 21.7. The van der Waals surface area contributed by atoms with E-state index in [0.29, 0.717) is 18.6 Å². The zero-order valence-electron chi connectivity index (χ0n) is 24.6. The van der Waals surface area contributed by atoms with Gasteiger partial charge in [0.15, 0.2) is 11.0 Å². The predicted octanol–water partition coefficient (Wildman–Crippen LogP) is 4.02. The fraction of sp³-hybridized carbons (Fsp3) is 0.533. The third kappa shape index (κ3) is 7.37. The summed E-state index contributed by atoms with van der Waals surface area (Å²) in [7, 11) is -4.25. The Kier molecular flexibility index (Phi) is 9.91. The molecule has 2 aromatic rings. The van der Waals surface area contributed by atoms with Crippen LogP contribution >= 0.6 is 0 Å². The summed E-state index contributed by atoms with van der Waals surface area (Å²) >= 11 is 0. The van der Waals surface area contributed by atoms with Crippen molar-refractivity contribution in [3.63, 3.8) is 0 Å². The van der Waals surface area contributed by atoms with Crippen molar-refractivity contribution in [2.75, 3.05) is 32.8 Å². The van der Waals surface area contributed by atoms with Crippen LogP contribution in [0.15, 0.2) is 48.5 Å². The second-order valence-corrected chi connectivity index (χ2v) is 13.7. The van der Waals surface area contributed by atoms with Gasteiger partial charge in [0.2, 0.25) is 10.0 Å². The highest BCUT2D eigenvalue weighted by Gasteiger charge is 2.55. The van der Waals surface area contributed by atoms with Gasteiger partial charge in [0.05, 0.1) is 5.56 Å². The first-order valence-electron chi connectivity index (χ1n) is 14.9. The fourth-order valence-corrected chi connectivity index (χ4v) is 8.02. The molecular formula is C30H37F3N4O7S. The summed E-state index contributed by atoms with van der Waals surface area (Å²) in [5.41, 5.74) is 2.13. The first kappa shape index (κ1) is 33.0. The number of nitrogens with zero attached hydrogens (tertiary/aromatic N) is 2. The Morgan fingerprint density at radius 3 is 2.20 bits per heavy atom. The minimum atomic E-state index is -4.46. The number of rotatable bonds is 8. The molecule has 0 bridgehead atoms. The van der Waals surface area contributed by atoms with Crippen molar-refractivity contribution in [3.05, 3.63) is 59.7 Å². The number of hydroxylamine groups is 1. The second kappa shape index (κ2) is 13.5. The summed E-state index contributed by atoms with van der Waals surface area (Å²) in [6.07, 6.45) is -2.92. The predicted molar refractivity (Wildman–Crippen MR) is 157 cm³/mol. The van der Waals surface area contributed by atoms with E-state index in [4.69, 9.17) is 19.7 Å². The molecule has 246 valence electrons. The van der Waals surface area contributed by atoms with Crippen LogP contribution in [0, 0.1) is 5.41 Å². The molecule has 3 aliphatic heterocycles. The SMILES string of the molecule is N=C(c1ccc(O)cc1)N1CCC(C(=O)NOC2CCCCO2)(S(=O)(=O)N2CCC(Oc3ccc(C(F)(F)F)cc3)CC2)CC1. The molecule has 0 radical (unpaired) electrons. The first-order valence-corrected chi connectivity index (χ1v) is 16.4. The van der Waals surface area contributed by atoms with E-state index in [-0.39, 0.29) is 69.2 Å². The number of piperidine rings is 2. The van der Waals surface area contributed by atoms with Crippen LogP contribution in [-0.2, 0) is 30.6 Å². The number of alkyl halides is 3. The number of benzene rings is 2. The molecule has 3 heterocycles. The van der Waals surface area contributed by atoms with E-state index >= 15 is 0 Å². The number of hydrogen-bond donors (Lipinski definition) is 3. The van der Waals surface area contributed by atoms with E-state index < -0.39 is 44.8 Å². The van der Waals surface area contributed by atoms with Crippen molar-refractivity contribution in [1.82, 2.24) is 14.7 Å². The Morgan fingerprint density at radius 2 is 1.62 bits per heavy atom. The second-order valence-electron chi connectivity index (χ2n) is 11.5. The van der Waals surface area contributed by atoms with Gasteiger partial charge in [-0.3, -0.25) is 10.2 Å². The number of aromatic hydroxyl groups is 1. The molecule has 0 spiro atoms. The standard InChI is InChI=1S/C30H37F3N4O7S/c31-30(32,33)22-6-10-24(11-7-22)43-25-12-16-37(17-13-25)45(40,41)29(28(39)35-44-26-3-1-2-20-42-26)14-18-36(19-15-29)27(34)21-4-8-23(38)9-5-21/h4-11,25-26,34,38H,1-3,12-20H2,(H,35,39). The first-order chi connectivity index (χ1) is 21.4. The van der Waals surface area contributed by atoms with Gasteiger partial charge < -0.3 is 19.5 Å². The lowest BCUT2D eigenvalue weighted by molar-refractivity contribution is -0.202. The molecule has 15 heteroatoms. The summed E-state index contributed by atoms with van der Waals surface area (Å²) in [6.45, 7) is 0.811. The van der Waals surface area contributed by atoms with Crippen molar-refractivity contribution in [2.24, 2.45) is 0 Å². The van der Waals surface area contributed by atoms with E-state index in [1.54, 1.807) is 17.0 Å². The van der Waals surface area contributed by atoms with Crippen LogP contribution in [0.3, 0.4) is 0 Å². The minimum Gasteiger partial charge on any atom is -0.508 e. The average Bonchev–Trinajstić information content (AvgIpc) is 3.04. The largest absolute Gasteiger partial charge is 0.508 e. The molecule has 3 aliphatic rings. The molecule has 1 amide bonds. The number of hydrogen-bond acceptors (Lipinski definition) is 8. The summed E-state index contributed by atoms with van der Waals surface area (Å²) in [5, 5.41) is 18.2. The molecular weight excluding hydrogens is 617 g/mol. The van der Waals surface area contributed by atoms with Gasteiger partial charge >= 0.3 is 6.18 Å². The van der Waals surface area contributed by atoms with E-state index in [1.165, 1.54) is 28.6 Å². The molecule has 11 nitrogen and oxygen atoms in total. The Hall–Kier alpha value is -3.40. The molecule has 0 saturated carbocycles. The molecule has 1 atom stereocenters. The molecule has 1 unspecified atom stereocenters. The monoisotopic (exact) mass is 654 g/mol. The number of carbonyl (C=O) groups is 1. The van der Waals surface area contributed by atoms with E-state index in [9.17, 15) is 31.5 Å². The maximum atomic E-state index is 14.3. The topological polar surface area (TPSA) is 141 Å². The lowest BCUT2D eigenvalue weighted by atomic mass is 9.94. The van der Waals surface area contributed by atoms with Crippen LogP contribution in [0.1, 0.15) is 56.1 Å². The number of amides is 1. The third-order valence-corrected chi connectivity index (χ3v) is 11.2. The van der Waals surface area contributed by atoms with E-state index in [2.05, 4.69) is 5.48 Å². The fourth-order valence-electron chi connectivity index (χ4n) is 5.86. The number of phenolic OH excluding ortho intramolecular Hbond substituents is 1. The van der Waals surface area contributed by atoms with Crippen molar-refractivity contribution in [3.8, 4) is 11.5 Å². The van der Waals surface area contributed by atoms with Gasteiger partial charge in [-0.1, -0.05) is 0 Å². The Bertz CT molecular complexity index is 1430. The lowest BCUT2D eigenvalue weighted by Crippen LogP contribution is -2.63. The number of sulfonamides is 1. The van der Waals surface area contributed by atoms with Crippen molar-refractivity contribution >= 4 is 21.8 Å². The van der Waals surface area contributed by atoms with Crippen LogP contribution in [0.25, 0.3) is 0 Å². The summed E-state index contributed by atoms with van der Waals surface area (Å²) in [5.74, 6) is -0.335. The van der Waals surface area contributed by atoms with Gasteiger partial charge in [-0.25, -0.2) is 23.0 Å². The number of likely N-dealkylation sites (tertiary alicyclic amines) is 1. The average molecular weight is 655 g/mol. The van der Waals surface area contributed by atoms with Gasteiger partial charge in [0.25, 0.3) is 5.91 Å². The van der Waals surface area contributed by atoms with E-state index in [1.807, 2.05) is 0 Å². The summed E-state index contributed by atoms with van der Waals surface area (Å²) < 4.78 is 78.0. The minimum absolute atomic E-state index is 0.0578. The number of halogens is 3.